The van der Waals surface area contributed by atoms with Crippen LogP contribution >= 0.6 is 0 Å². The molecule has 1 aromatic heterocycles. The van der Waals surface area contributed by atoms with Gasteiger partial charge in [-0.25, -0.2) is 4.98 Å². The molecule has 0 saturated carbocycles. The van der Waals surface area contributed by atoms with Gasteiger partial charge < -0.3 is 15.0 Å². The second kappa shape index (κ2) is 4.96. The lowest BCUT2D eigenvalue weighted by Gasteiger charge is -2.15. The van der Waals surface area contributed by atoms with Crippen LogP contribution in [-0.2, 0) is 16.0 Å². The Morgan fingerprint density at radius 2 is 2.35 bits per heavy atom. The molecule has 1 fully saturated rings. The molecule has 0 radical (unpaired) electrons. The lowest BCUT2D eigenvalue weighted by atomic mass is 10.1. The monoisotopic (exact) mass is 273 g/mol. The highest BCUT2D eigenvalue weighted by Gasteiger charge is 2.33. The summed E-state index contributed by atoms with van der Waals surface area (Å²) in [5, 5.41) is 8.94. The zero-order chi connectivity index (χ0) is 14.1. The first kappa shape index (κ1) is 12.7. The van der Waals surface area contributed by atoms with E-state index in [9.17, 15) is 9.59 Å². The molecule has 1 aromatic carbocycles. The zero-order valence-corrected chi connectivity index (χ0v) is 10.9. The van der Waals surface area contributed by atoms with Gasteiger partial charge in [0.15, 0.2) is 0 Å². The van der Waals surface area contributed by atoms with Crippen molar-refractivity contribution in [2.75, 3.05) is 13.1 Å². The number of aliphatic carboxylic acids is 1. The number of carbonyl (C=O) groups excluding carboxylic acids is 1. The van der Waals surface area contributed by atoms with Crippen molar-refractivity contribution >= 4 is 22.9 Å². The predicted molar refractivity (Wildman–Crippen MR) is 72.1 cm³/mol. The minimum Gasteiger partial charge on any atom is -0.481 e. The van der Waals surface area contributed by atoms with E-state index in [1.54, 1.807) is 11.2 Å². The van der Waals surface area contributed by atoms with E-state index in [0.717, 1.165) is 16.6 Å². The Labute approximate surface area is 115 Å². The molecule has 1 amide bonds. The van der Waals surface area contributed by atoms with Crippen LogP contribution in [0.1, 0.15) is 12.0 Å². The second-order valence-corrected chi connectivity index (χ2v) is 5.08. The van der Waals surface area contributed by atoms with Crippen LogP contribution in [-0.4, -0.2) is 44.9 Å². The largest absolute Gasteiger partial charge is 0.481 e. The fourth-order valence-electron chi connectivity index (χ4n) is 2.56. The molecular weight excluding hydrogens is 258 g/mol. The molecule has 1 aliphatic rings. The number of likely N-dealkylation sites (tertiary alicyclic amines) is 1. The number of H-pyrrole nitrogens is 1. The fraction of sp³-hybridized carbons (Fsp3) is 0.357. The lowest BCUT2D eigenvalue weighted by molar-refractivity contribution is -0.141. The third-order valence-corrected chi connectivity index (χ3v) is 3.72. The maximum Gasteiger partial charge on any atom is 0.308 e. The smallest absolute Gasteiger partial charge is 0.308 e. The molecule has 3 rings (SSSR count). The minimum atomic E-state index is -0.889. The lowest BCUT2D eigenvalue weighted by Crippen LogP contribution is -2.28. The maximum absolute atomic E-state index is 11.7. The summed E-state index contributed by atoms with van der Waals surface area (Å²) in [6.07, 6.45) is 2.48. The SMILES string of the molecule is O=C(O)C1CC(=O)N(CCc2ccc3nc[nH]c3c2)C1. The number of nitrogens with zero attached hydrogens (tertiary/aromatic N) is 2. The second-order valence-electron chi connectivity index (χ2n) is 5.08. The van der Waals surface area contributed by atoms with Crippen molar-refractivity contribution in [2.45, 2.75) is 12.8 Å². The van der Waals surface area contributed by atoms with Gasteiger partial charge in [0.2, 0.25) is 5.91 Å². The third kappa shape index (κ3) is 2.36. The molecule has 1 saturated heterocycles. The van der Waals surface area contributed by atoms with Crippen LogP contribution in [0.4, 0.5) is 0 Å². The number of imidazole rings is 1. The van der Waals surface area contributed by atoms with Gasteiger partial charge in [-0.3, -0.25) is 9.59 Å². The van der Waals surface area contributed by atoms with Gasteiger partial charge in [-0.05, 0) is 24.1 Å². The van der Waals surface area contributed by atoms with Gasteiger partial charge in [0.05, 0.1) is 23.3 Å². The number of hydrogen-bond acceptors (Lipinski definition) is 3. The van der Waals surface area contributed by atoms with Crippen molar-refractivity contribution in [3.8, 4) is 0 Å². The van der Waals surface area contributed by atoms with Crippen molar-refractivity contribution in [1.82, 2.24) is 14.9 Å². The van der Waals surface area contributed by atoms with E-state index < -0.39 is 11.9 Å². The number of aromatic amines is 1. The summed E-state index contributed by atoms with van der Waals surface area (Å²) in [5.41, 5.74) is 2.99. The van der Waals surface area contributed by atoms with Gasteiger partial charge in [-0.1, -0.05) is 6.07 Å². The van der Waals surface area contributed by atoms with Crippen LogP contribution in [0.5, 0.6) is 0 Å². The molecule has 6 heteroatoms. The quantitative estimate of drug-likeness (QED) is 0.871. The van der Waals surface area contributed by atoms with Gasteiger partial charge in [0.1, 0.15) is 0 Å². The van der Waals surface area contributed by atoms with Crippen molar-refractivity contribution in [3.63, 3.8) is 0 Å². The van der Waals surface area contributed by atoms with Gasteiger partial charge in [0.25, 0.3) is 0 Å². The van der Waals surface area contributed by atoms with E-state index in [-0.39, 0.29) is 12.3 Å². The number of rotatable bonds is 4. The van der Waals surface area contributed by atoms with Gasteiger partial charge in [-0.2, -0.15) is 0 Å². The van der Waals surface area contributed by atoms with E-state index in [1.807, 2.05) is 18.2 Å². The Kier molecular flexibility index (Phi) is 3.14. The van der Waals surface area contributed by atoms with Gasteiger partial charge in [-0.15, -0.1) is 0 Å². The molecule has 2 N–H and O–H groups in total. The number of amides is 1. The number of benzene rings is 1. The Bertz CT molecular complexity index is 664. The van der Waals surface area contributed by atoms with Crippen molar-refractivity contribution in [1.29, 1.82) is 0 Å². The molecule has 1 unspecified atom stereocenters. The summed E-state index contributed by atoms with van der Waals surface area (Å²) >= 11 is 0. The average molecular weight is 273 g/mol. The Balaban J connectivity index is 1.64. The first-order valence-electron chi connectivity index (χ1n) is 6.56. The van der Waals surface area contributed by atoms with E-state index in [1.165, 1.54) is 0 Å². The minimum absolute atomic E-state index is 0.0694. The predicted octanol–water partition coefficient (Wildman–Crippen LogP) is 1.04. The summed E-state index contributed by atoms with van der Waals surface area (Å²) < 4.78 is 0. The highest BCUT2D eigenvalue weighted by molar-refractivity contribution is 5.86. The molecule has 1 aliphatic heterocycles. The number of nitrogens with one attached hydrogen (secondary N) is 1. The van der Waals surface area contributed by atoms with Crippen LogP contribution in [0.2, 0.25) is 0 Å². The van der Waals surface area contributed by atoms with Crippen molar-refractivity contribution in [3.05, 3.63) is 30.1 Å². The van der Waals surface area contributed by atoms with Crippen molar-refractivity contribution in [2.24, 2.45) is 5.92 Å². The van der Waals surface area contributed by atoms with Crippen LogP contribution in [0.25, 0.3) is 11.0 Å². The molecule has 0 spiro atoms. The molecule has 2 aromatic rings. The summed E-state index contributed by atoms with van der Waals surface area (Å²) in [6, 6.07) is 5.93. The van der Waals surface area contributed by atoms with Gasteiger partial charge in [0, 0.05) is 19.5 Å². The molecule has 2 heterocycles. The summed E-state index contributed by atoms with van der Waals surface area (Å²) in [7, 11) is 0. The van der Waals surface area contributed by atoms with E-state index in [4.69, 9.17) is 5.11 Å². The number of carboxylic acids is 1. The Hall–Kier alpha value is -2.37. The zero-order valence-electron chi connectivity index (χ0n) is 10.9. The fourth-order valence-corrected chi connectivity index (χ4v) is 2.56. The molecule has 0 bridgehead atoms. The number of aromatic nitrogens is 2. The molecule has 104 valence electrons. The highest BCUT2D eigenvalue weighted by atomic mass is 16.4. The van der Waals surface area contributed by atoms with E-state index in [2.05, 4.69) is 9.97 Å². The number of hydrogen-bond donors (Lipinski definition) is 2. The highest BCUT2D eigenvalue weighted by Crippen LogP contribution is 2.19. The standard InChI is InChI=1S/C14H15N3O3/c18-13-6-10(14(19)20)7-17(13)4-3-9-1-2-11-12(5-9)16-8-15-11/h1-2,5,8,10H,3-4,6-7H2,(H,15,16)(H,19,20). The maximum atomic E-state index is 11.7. The topological polar surface area (TPSA) is 86.3 Å². The van der Waals surface area contributed by atoms with E-state index >= 15 is 0 Å². The molecule has 6 nitrogen and oxygen atoms in total. The molecule has 1 atom stereocenters. The Morgan fingerprint density at radius 3 is 3.10 bits per heavy atom. The van der Waals surface area contributed by atoms with Crippen molar-refractivity contribution < 1.29 is 14.7 Å². The number of fused-ring (bicyclic) bond motifs is 1. The number of carboxylic acid groups (broad SMARTS) is 1. The Morgan fingerprint density at radius 1 is 1.50 bits per heavy atom. The summed E-state index contributed by atoms with van der Waals surface area (Å²) in [4.78, 5) is 31.5. The van der Waals surface area contributed by atoms with Crippen LogP contribution in [0.3, 0.4) is 0 Å². The average Bonchev–Trinajstić information content (AvgIpc) is 3.02. The first-order valence-corrected chi connectivity index (χ1v) is 6.56. The normalized spacial score (nSPS) is 18.9. The molecular formula is C14H15N3O3. The van der Waals surface area contributed by atoms with E-state index in [0.29, 0.717) is 19.5 Å². The first-order chi connectivity index (χ1) is 9.63. The third-order valence-electron chi connectivity index (χ3n) is 3.72. The number of carbonyl (C=O) groups is 2. The molecule has 0 aliphatic carbocycles. The summed E-state index contributed by atoms with van der Waals surface area (Å²) in [6.45, 7) is 0.878. The van der Waals surface area contributed by atoms with Crippen LogP contribution in [0.15, 0.2) is 24.5 Å². The van der Waals surface area contributed by atoms with Crippen LogP contribution < -0.4 is 0 Å². The molecule has 20 heavy (non-hydrogen) atoms. The van der Waals surface area contributed by atoms with Crippen LogP contribution in [0, 0.1) is 5.92 Å². The van der Waals surface area contributed by atoms with Gasteiger partial charge >= 0.3 is 5.97 Å². The summed E-state index contributed by atoms with van der Waals surface area (Å²) in [5.74, 6) is -1.52.